The lowest BCUT2D eigenvalue weighted by Gasteiger charge is -2.23. The van der Waals surface area contributed by atoms with Crippen molar-refractivity contribution in [3.05, 3.63) is 59.4 Å². The van der Waals surface area contributed by atoms with E-state index in [-0.39, 0.29) is 17.8 Å². The minimum absolute atomic E-state index is 0.00859. The van der Waals surface area contributed by atoms with Crippen LogP contribution in [0.4, 0.5) is 4.39 Å². The predicted octanol–water partition coefficient (Wildman–Crippen LogP) is 1.92. The number of ether oxygens (including phenoxy) is 2. The highest BCUT2D eigenvalue weighted by Gasteiger charge is 2.33. The molecule has 28 heavy (non-hydrogen) atoms. The fraction of sp³-hybridized carbons (Fsp3) is 0.409. The highest BCUT2D eigenvalue weighted by molar-refractivity contribution is 5.76. The van der Waals surface area contributed by atoms with Gasteiger partial charge in [-0.2, -0.15) is 0 Å². The Labute approximate surface area is 165 Å². The minimum Gasteiger partial charge on any atom is -0.497 e. The summed E-state index contributed by atoms with van der Waals surface area (Å²) >= 11 is 0. The molecular formula is C22H28FN2O3+. The SMILES string of the molecule is COc1ccc([C@@H]2CCC[NH+]2CC(=O)NCCc2ccccc2F)c(OC)c1. The van der Waals surface area contributed by atoms with Crippen LogP contribution in [0.25, 0.3) is 0 Å². The van der Waals surface area contributed by atoms with Crippen molar-refractivity contribution in [2.45, 2.75) is 25.3 Å². The number of hydrogen-bond acceptors (Lipinski definition) is 3. The fourth-order valence-electron chi connectivity index (χ4n) is 3.91. The van der Waals surface area contributed by atoms with Crippen LogP contribution in [0.15, 0.2) is 42.5 Å². The quantitative estimate of drug-likeness (QED) is 0.728. The number of amides is 1. The van der Waals surface area contributed by atoms with E-state index in [1.165, 1.54) is 11.0 Å². The third-order valence-corrected chi connectivity index (χ3v) is 5.36. The first kappa shape index (κ1) is 20.1. The van der Waals surface area contributed by atoms with Crippen LogP contribution in [-0.2, 0) is 11.2 Å². The third-order valence-electron chi connectivity index (χ3n) is 5.36. The van der Waals surface area contributed by atoms with E-state index >= 15 is 0 Å². The topological polar surface area (TPSA) is 52.0 Å². The number of methoxy groups -OCH3 is 2. The molecule has 2 N–H and O–H groups in total. The Morgan fingerprint density at radius 2 is 2.04 bits per heavy atom. The van der Waals surface area contributed by atoms with Crippen LogP contribution in [0, 0.1) is 5.82 Å². The molecule has 0 bridgehead atoms. The van der Waals surface area contributed by atoms with Crippen LogP contribution >= 0.6 is 0 Å². The molecule has 1 aliphatic heterocycles. The molecule has 150 valence electrons. The van der Waals surface area contributed by atoms with Crippen molar-refractivity contribution in [1.29, 1.82) is 0 Å². The van der Waals surface area contributed by atoms with Crippen LogP contribution in [0.5, 0.6) is 11.5 Å². The van der Waals surface area contributed by atoms with Crippen molar-refractivity contribution in [1.82, 2.24) is 5.32 Å². The predicted molar refractivity (Wildman–Crippen MR) is 105 cm³/mol. The van der Waals surface area contributed by atoms with Crippen molar-refractivity contribution in [3.8, 4) is 11.5 Å². The number of quaternary nitrogens is 1. The van der Waals surface area contributed by atoms with E-state index in [1.807, 2.05) is 18.2 Å². The minimum atomic E-state index is -0.228. The van der Waals surface area contributed by atoms with Gasteiger partial charge in [0.25, 0.3) is 5.91 Å². The summed E-state index contributed by atoms with van der Waals surface area (Å²) < 4.78 is 24.5. The molecule has 2 atom stereocenters. The molecule has 1 amide bonds. The number of carbonyl (C=O) groups is 1. The Morgan fingerprint density at radius 1 is 1.21 bits per heavy atom. The van der Waals surface area contributed by atoms with Gasteiger partial charge >= 0.3 is 0 Å². The number of rotatable bonds is 8. The van der Waals surface area contributed by atoms with Crippen molar-refractivity contribution in [3.63, 3.8) is 0 Å². The van der Waals surface area contributed by atoms with Crippen LogP contribution in [0.3, 0.4) is 0 Å². The lowest BCUT2D eigenvalue weighted by atomic mass is 10.0. The maximum Gasteiger partial charge on any atom is 0.275 e. The zero-order valence-electron chi connectivity index (χ0n) is 16.5. The number of carbonyl (C=O) groups excluding carboxylic acids is 1. The second kappa shape index (κ2) is 9.55. The highest BCUT2D eigenvalue weighted by Crippen LogP contribution is 2.31. The van der Waals surface area contributed by atoms with Crippen molar-refractivity contribution in [2.24, 2.45) is 0 Å². The molecule has 2 aromatic carbocycles. The Kier molecular flexibility index (Phi) is 6.87. The third kappa shape index (κ3) is 4.81. The van der Waals surface area contributed by atoms with E-state index < -0.39 is 0 Å². The van der Waals surface area contributed by atoms with Gasteiger partial charge in [0.05, 0.1) is 26.3 Å². The molecule has 0 radical (unpaired) electrons. The van der Waals surface area contributed by atoms with Gasteiger partial charge in [-0.05, 0) is 30.2 Å². The number of nitrogens with one attached hydrogen (secondary N) is 2. The summed E-state index contributed by atoms with van der Waals surface area (Å²) in [5.74, 6) is 1.31. The Balaban J connectivity index is 1.57. The van der Waals surface area contributed by atoms with E-state index in [0.29, 0.717) is 25.1 Å². The highest BCUT2D eigenvalue weighted by atomic mass is 19.1. The molecule has 5 nitrogen and oxygen atoms in total. The smallest absolute Gasteiger partial charge is 0.275 e. The zero-order chi connectivity index (χ0) is 19.9. The average molecular weight is 387 g/mol. The summed E-state index contributed by atoms with van der Waals surface area (Å²) in [5.41, 5.74) is 1.73. The lowest BCUT2D eigenvalue weighted by Crippen LogP contribution is -3.11. The molecule has 1 fully saturated rings. The molecule has 6 heteroatoms. The standard InChI is InChI=1S/C22H27FN2O3/c1-27-17-9-10-18(21(14-17)28-2)20-8-5-13-25(20)15-22(26)24-12-11-16-6-3-4-7-19(16)23/h3-4,6-7,9-10,14,20H,5,8,11-13,15H2,1-2H3,(H,24,26)/p+1/t20-/m0/s1. The van der Waals surface area contributed by atoms with Gasteiger partial charge in [0.15, 0.2) is 6.54 Å². The first-order chi connectivity index (χ1) is 13.6. The van der Waals surface area contributed by atoms with E-state index in [9.17, 15) is 9.18 Å². The van der Waals surface area contributed by atoms with Crippen LogP contribution < -0.4 is 19.7 Å². The molecule has 0 spiro atoms. The van der Waals surface area contributed by atoms with Gasteiger partial charge in [-0.1, -0.05) is 18.2 Å². The number of benzene rings is 2. The average Bonchev–Trinajstić information content (AvgIpc) is 3.16. The van der Waals surface area contributed by atoms with Gasteiger partial charge in [0.2, 0.25) is 0 Å². The van der Waals surface area contributed by atoms with Crippen molar-refractivity contribution in [2.75, 3.05) is 33.9 Å². The van der Waals surface area contributed by atoms with E-state index in [0.717, 1.165) is 36.4 Å². The second-order valence-corrected chi connectivity index (χ2v) is 7.08. The Morgan fingerprint density at radius 3 is 2.79 bits per heavy atom. The summed E-state index contributed by atoms with van der Waals surface area (Å²) in [7, 11) is 3.29. The Bertz CT molecular complexity index is 812. The van der Waals surface area contributed by atoms with Gasteiger partial charge < -0.3 is 19.7 Å². The number of likely N-dealkylation sites (tertiary alicyclic amines) is 1. The molecular weight excluding hydrogens is 359 g/mol. The largest absolute Gasteiger partial charge is 0.497 e. The Hall–Kier alpha value is -2.60. The van der Waals surface area contributed by atoms with Crippen LogP contribution in [-0.4, -0.2) is 39.8 Å². The molecule has 0 aliphatic carbocycles. The summed E-state index contributed by atoms with van der Waals surface area (Å²) in [6.07, 6.45) is 2.57. The zero-order valence-corrected chi connectivity index (χ0v) is 16.5. The molecule has 3 rings (SSSR count). The van der Waals surface area contributed by atoms with E-state index in [2.05, 4.69) is 5.32 Å². The first-order valence-corrected chi connectivity index (χ1v) is 9.69. The summed E-state index contributed by atoms with van der Waals surface area (Å²) in [4.78, 5) is 13.7. The van der Waals surface area contributed by atoms with Gasteiger partial charge in [0.1, 0.15) is 23.4 Å². The monoisotopic (exact) mass is 387 g/mol. The first-order valence-electron chi connectivity index (χ1n) is 9.69. The van der Waals surface area contributed by atoms with Gasteiger partial charge in [0, 0.05) is 25.5 Å². The molecule has 1 unspecified atom stereocenters. The number of hydrogen-bond donors (Lipinski definition) is 2. The maximum absolute atomic E-state index is 13.7. The van der Waals surface area contributed by atoms with Crippen molar-refractivity contribution >= 4 is 5.91 Å². The van der Waals surface area contributed by atoms with Crippen LogP contribution in [0.2, 0.25) is 0 Å². The van der Waals surface area contributed by atoms with Gasteiger partial charge in [-0.25, -0.2) is 4.39 Å². The van der Waals surface area contributed by atoms with Gasteiger partial charge in [-0.15, -0.1) is 0 Å². The second-order valence-electron chi connectivity index (χ2n) is 7.08. The number of halogens is 1. The molecule has 2 aromatic rings. The summed E-state index contributed by atoms with van der Waals surface area (Å²) in [6.45, 7) is 1.78. The molecule has 1 heterocycles. The maximum atomic E-state index is 13.7. The lowest BCUT2D eigenvalue weighted by molar-refractivity contribution is -0.910. The van der Waals surface area contributed by atoms with E-state index in [1.54, 1.807) is 32.4 Å². The van der Waals surface area contributed by atoms with Crippen LogP contribution in [0.1, 0.15) is 30.0 Å². The van der Waals surface area contributed by atoms with Crippen molar-refractivity contribution < 1.29 is 23.6 Å². The molecule has 1 aliphatic rings. The fourth-order valence-corrected chi connectivity index (χ4v) is 3.91. The summed E-state index contributed by atoms with van der Waals surface area (Å²) in [5, 5.41) is 2.93. The van der Waals surface area contributed by atoms with E-state index in [4.69, 9.17) is 9.47 Å². The summed E-state index contributed by atoms with van der Waals surface area (Å²) in [6, 6.07) is 12.7. The molecule has 0 saturated carbocycles. The molecule has 0 aromatic heterocycles. The molecule has 1 saturated heterocycles. The normalized spacial score (nSPS) is 18.7. The van der Waals surface area contributed by atoms with Gasteiger partial charge in [-0.3, -0.25) is 4.79 Å².